The van der Waals surface area contributed by atoms with E-state index in [4.69, 9.17) is 5.11 Å². The SMILES string of the molecule is CC(C(=O)NCC(=O)O)N1C(C)(C)CC(=O)CC1(C)C. The molecule has 1 rings (SSSR count). The van der Waals surface area contributed by atoms with Gasteiger partial charge in [0.2, 0.25) is 5.91 Å². The van der Waals surface area contributed by atoms with Crippen molar-refractivity contribution in [2.75, 3.05) is 6.54 Å². The van der Waals surface area contributed by atoms with Gasteiger partial charge in [-0.3, -0.25) is 19.3 Å². The Balaban J connectivity index is 2.93. The van der Waals surface area contributed by atoms with Crippen molar-refractivity contribution in [1.82, 2.24) is 10.2 Å². The lowest BCUT2D eigenvalue weighted by Crippen LogP contribution is -2.66. The summed E-state index contributed by atoms with van der Waals surface area (Å²) in [7, 11) is 0. The van der Waals surface area contributed by atoms with Crippen molar-refractivity contribution in [3.8, 4) is 0 Å². The zero-order chi connectivity index (χ0) is 15.7. The lowest BCUT2D eigenvalue weighted by atomic mass is 9.77. The molecule has 1 amide bonds. The number of carbonyl (C=O) groups excluding carboxylic acids is 2. The Bertz CT molecular complexity index is 409. The first kappa shape index (κ1) is 16.6. The van der Waals surface area contributed by atoms with E-state index in [1.54, 1.807) is 6.92 Å². The van der Waals surface area contributed by atoms with Crippen LogP contribution < -0.4 is 5.32 Å². The molecular weight excluding hydrogens is 260 g/mol. The third-order valence-corrected chi connectivity index (χ3v) is 3.74. The van der Waals surface area contributed by atoms with Crippen molar-refractivity contribution < 1.29 is 19.5 Å². The highest BCUT2D eigenvalue weighted by Crippen LogP contribution is 2.38. The normalized spacial score (nSPS) is 23.1. The van der Waals surface area contributed by atoms with Crippen LogP contribution in [-0.2, 0) is 14.4 Å². The highest BCUT2D eigenvalue weighted by molar-refractivity contribution is 5.86. The highest BCUT2D eigenvalue weighted by Gasteiger charge is 2.48. The summed E-state index contributed by atoms with van der Waals surface area (Å²) in [5.41, 5.74) is -0.863. The summed E-state index contributed by atoms with van der Waals surface area (Å²) < 4.78 is 0. The number of piperidine rings is 1. The summed E-state index contributed by atoms with van der Waals surface area (Å²) in [6.45, 7) is 9.10. The number of carboxylic acids is 1. The molecule has 0 saturated carbocycles. The number of rotatable bonds is 4. The molecular formula is C14H24N2O4. The number of nitrogens with one attached hydrogen (secondary N) is 1. The van der Waals surface area contributed by atoms with Gasteiger partial charge in [-0.2, -0.15) is 0 Å². The van der Waals surface area contributed by atoms with Gasteiger partial charge in [0.15, 0.2) is 0 Å². The number of likely N-dealkylation sites (tertiary alicyclic amines) is 1. The number of aliphatic carboxylic acids is 1. The number of hydrogen-bond donors (Lipinski definition) is 2. The van der Waals surface area contributed by atoms with Crippen LogP contribution in [0.3, 0.4) is 0 Å². The third-order valence-electron chi connectivity index (χ3n) is 3.74. The summed E-state index contributed by atoms with van der Waals surface area (Å²) >= 11 is 0. The zero-order valence-electron chi connectivity index (χ0n) is 12.8. The fourth-order valence-corrected chi connectivity index (χ4v) is 3.49. The van der Waals surface area contributed by atoms with Crippen LogP contribution in [0.2, 0.25) is 0 Å². The van der Waals surface area contributed by atoms with E-state index in [2.05, 4.69) is 5.32 Å². The number of hydrogen-bond acceptors (Lipinski definition) is 4. The minimum absolute atomic E-state index is 0.189. The fraction of sp³-hybridized carbons (Fsp3) is 0.786. The second kappa shape index (κ2) is 5.52. The maximum atomic E-state index is 12.1. The largest absolute Gasteiger partial charge is 0.480 e. The molecule has 1 aliphatic heterocycles. The molecule has 114 valence electrons. The summed E-state index contributed by atoms with van der Waals surface area (Å²) in [6, 6.07) is -0.493. The van der Waals surface area contributed by atoms with Crippen molar-refractivity contribution in [3.63, 3.8) is 0 Å². The average Bonchev–Trinajstić information content (AvgIpc) is 2.21. The predicted molar refractivity (Wildman–Crippen MR) is 74.3 cm³/mol. The fourth-order valence-electron chi connectivity index (χ4n) is 3.49. The molecule has 1 aliphatic rings. The van der Waals surface area contributed by atoms with Crippen molar-refractivity contribution >= 4 is 17.7 Å². The monoisotopic (exact) mass is 284 g/mol. The third kappa shape index (κ3) is 3.56. The van der Waals surface area contributed by atoms with Gasteiger partial charge in [-0.1, -0.05) is 0 Å². The van der Waals surface area contributed by atoms with Crippen molar-refractivity contribution in [1.29, 1.82) is 0 Å². The van der Waals surface area contributed by atoms with Gasteiger partial charge in [0.25, 0.3) is 0 Å². The number of carbonyl (C=O) groups is 3. The Labute approximate surface area is 119 Å². The van der Waals surface area contributed by atoms with Gasteiger partial charge in [-0.25, -0.2) is 0 Å². The number of ketones is 1. The van der Waals surface area contributed by atoms with Crippen LogP contribution in [-0.4, -0.2) is 51.3 Å². The number of carboxylic acid groups (broad SMARTS) is 1. The smallest absolute Gasteiger partial charge is 0.322 e. The van der Waals surface area contributed by atoms with Crippen LogP contribution in [0.15, 0.2) is 0 Å². The van der Waals surface area contributed by atoms with Crippen LogP contribution in [0, 0.1) is 0 Å². The zero-order valence-corrected chi connectivity index (χ0v) is 12.8. The Hall–Kier alpha value is -1.43. The van der Waals surface area contributed by atoms with Gasteiger partial charge in [0.1, 0.15) is 12.3 Å². The van der Waals surface area contributed by atoms with E-state index in [-0.39, 0.29) is 11.7 Å². The van der Waals surface area contributed by atoms with Crippen LogP contribution in [0.25, 0.3) is 0 Å². The number of nitrogens with zero attached hydrogens (tertiary/aromatic N) is 1. The minimum atomic E-state index is -1.07. The molecule has 20 heavy (non-hydrogen) atoms. The summed E-state index contributed by atoms with van der Waals surface area (Å²) in [5.74, 6) is -1.21. The molecule has 1 heterocycles. The quantitative estimate of drug-likeness (QED) is 0.797. The minimum Gasteiger partial charge on any atom is -0.480 e. The molecule has 0 bridgehead atoms. The van der Waals surface area contributed by atoms with E-state index in [0.717, 1.165) is 0 Å². The van der Waals surface area contributed by atoms with Crippen molar-refractivity contribution in [2.24, 2.45) is 0 Å². The lowest BCUT2D eigenvalue weighted by Gasteiger charge is -2.54. The van der Waals surface area contributed by atoms with Gasteiger partial charge in [0.05, 0.1) is 6.04 Å². The Morgan fingerprint density at radius 3 is 2.10 bits per heavy atom. The van der Waals surface area contributed by atoms with Crippen molar-refractivity contribution in [2.45, 2.75) is 64.6 Å². The van der Waals surface area contributed by atoms with Crippen LogP contribution in [0.1, 0.15) is 47.5 Å². The van der Waals surface area contributed by atoms with E-state index in [1.165, 1.54) is 0 Å². The van der Waals surface area contributed by atoms with Gasteiger partial charge in [0, 0.05) is 23.9 Å². The highest BCUT2D eigenvalue weighted by atomic mass is 16.4. The maximum Gasteiger partial charge on any atom is 0.322 e. The molecule has 6 nitrogen and oxygen atoms in total. The second-order valence-electron chi connectivity index (χ2n) is 6.67. The van der Waals surface area contributed by atoms with Crippen LogP contribution in [0.5, 0.6) is 0 Å². The lowest BCUT2D eigenvalue weighted by molar-refractivity contribution is -0.147. The standard InChI is InChI=1S/C14H24N2O4/c1-9(12(20)15-8-11(18)19)16-13(2,3)6-10(17)7-14(16,4)5/h9H,6-8H2,1-5H3,(H,15,20)(H,18,19). The first-order valence-electron chi connectivity index (χ1n) is 6.78. The van der Waals surface area contributed by atoms with Gasteiger partial charge in [-0.15, -0.1) is 0 Å². The molecule has 1 atom stereocenters. The molecule has 0 radical (unpaired) electrons. The predicted octanol–water partition coefficient (Wildman–Crippen LogP) is 0.798. The van der Waals surface area contributed by atoms with Gasteiger partial charge in [-0.05, 0) is 34.6 Å². The molecule has 0 aliphatic carbocycles. The van der Waals surface area contributed by atoms with E-state index in [9.17, 15) is 14.4 Å². The summed E-state index contributed by atoms with van der Waals surface area (Å²) in [5, 5.41) is 11.0. The molecule has 0 spiro atoms. The first-order valence-corrected chi connectivity index (χ1v) is 6.78. The van der Waals surface area contributed by atoms with Crippen LogP contribution in [0.4, 0.5) is 0 Å². The molecule has 0 aromatic rings. The second-order valence-corrected chi connectivity index (χ2v) is 6.67. The Kier molecular flexibility index (Phi) is 4.59. The van der Waals surface area contributed by atoms with Gasteiger partial charge < -0.3 is 10.4 Å². The van der Waals surface area contributed by atoms with E-state index < -0.39 is 29.6 Å². The molecule has 0 aromatic heterocycles. The maximum absolute atomic E-state index is 12.1. The molecule has 1 saturated heterocycles. The molecule has 1 unspecified atom stereocenters. The van der Waals surface area contributed by atoms with E-state index in [0.29, 0.717) is 12.8 Å². The van der Waals surface area contributed by atoms with Crippen molar-refractivity contribution in [3.05, 3.63) is 0 Å². The summed E-state index contributed by atoms with van der Waals surface area (Å²) in [6.07, 6.45) is 0.792. The van der Waals surface area contributed by atoms with E-state index >= 15 is 0 Å². The summed E-state index contributed by atoms with van der Waals surface area (Å²) in [4.78, 5) is 36.5. The molecule has 1 fully saturated rings. The van der Waals surface area contributed by atoms with E-state index in [1.807, 2.05) is 32.6 Å². The molecule has 0 aromatic carbocycles. The Morgan fingerprint density at radius 1 is 1.25 bits per heavy atom. The molecule has 6 heteroatoms. The number of Topliss-reactive ketones (excluding diaryl/α,β-unsaturated/α-hetero) is 1. The molecule has 2 N–H and O–H groups in total. The average molecular weight is 284 g/mol. The Morgan fingerprint density at radius 2 is 1.70 bits per heavy atom. The first-order chi connectivity index (χ1) is 8.97. The topological polar surface area (TPSA) is 86.7 Å². The van der Waals surface area contributed by atoms with Crippen LogP contribution >= 0.6 is 0 Å². The van der Waals surface area contributed by atoms with Gasteiger partial charge >= 0.3 is 5.97 Å². The number of amides is 1.